The fraction of sp³-hybridized carbons (Fsp3) is 0.562. The van der Waals surface area contributed by atoms with Gasteiger partial charge in [0.2, 0.25) is 5.91 Å². The van der Waals surface area contributed by atoms with E-state index in [4.69, 9.17) is 4.74 Å². The molecule has 1 aromatic rings. The van der Waals surface area contributed by atoms with Crippen molar-refractivity contribution in [3.05, 3.63) is 24.3 Å². The van der Waals surface area contributed by atoms with Crippen LogP contribution in [0.4, 0.5) is 5.69 Å². The van der Waals surface area contributed by atoms with Gasteiger partial charge in [-0.1, -0.05) is 12.1 Å². The second kappa shape index (κ2) is 6.45. The van der Waals surface area contributed by atoms with E-state index in [-0.39, 0.29) is 5.91 Å². The van der Waals surface area contributed by atoms with Crippen LogP contribution < -0.4 is 15.4 Å². The Bertz CT molecular complexity index is 506. The van der Waals surface area contributed by atoms with E-state index in [2.05, 4.69) is 15.5 Å². The summed E-state index contributed by atoms with van der Waals surface area (Å²) in [7, 11) is 1.61. The van der Waals surface area contributed by atoms with Gasteiger partial charge in [0.25, 0.3) is 0 Å². The zero-order chi connectivity index (χ0) is 14.7. The minimum atomic E-state index is 0.0314. The second-order valence-corrected chi connectivity index (χ2v) is 5.95. The van der Waals surface area contributed by atoms with Gasteiger partial charge in [0.1, 0.15) is 5.75 Å². The fourth-order valence-electron chi connectivity index (χ4n) is 3.39. The monoisotopic (exact) mass is 289 g/mol. The molecule has 2 N–H and O–H groups in total. The third-order valence-electron chi connectivity index (χ3n) is 4.54. The number of amides is 1. The van der Waals surface area contributed by atoms with Gasteiger partial charge in [-0.3, -0.25) is 9.69 Å². The molecule has 5 heteroatoms. The number of carbonyl (C=O) groups excluding carboxylic acids is 1. The van der Waals surface area contributed by atoms with E-state index >= 15 is 0 Å². The highest BCUT2D eigenvalue weighted by atomic mass is 16.5. The number of hydrogen-bond donors (Lipinski definition) is 2. The predicted octanol–water partition coefficient (Wildman–Crippen LogP) is 1.17. The number of rotatable bonds is 4. The molecule has 0 aliphatic carbocycles. The summed E-state index contributed by atoms with van der Waals surface area (Å²) in [4.78, 5) is 14.5. The molecule has 0 bridgehead atoms. The number of methoxy groups -OCH3 is 1. The van der Waals surface area contributed by atoms with Crippen LogP contribution >= 0.6 is 0 Å². The van der Waals surface area contributed by atoms with Gasteiger partial charge in [-0.25, -0.2) is 0 Å². The molecule has 0 radical (unpaired) electrons. The first-order valence-electron chi connectivity index (χ1n) is 7.62. The number of ether oxygens (including phenoxy) is 1. The Hall–Kier alpha value is -1.59. The van der Waals surface area contributed by atoms with Gasteiger partial charge in [-0.05, 0) is 50.0 Å². The van der Waals surface area contributed by atoms with E-state index in [1.807, 2.05) is 24.3 Å². The van der Waals surface area contributed by atoms with Crippen LogP contribution in [0.25, 0.3) is 0 Å². The van der Waals surface area contributed by atoms with E-state index < -0.39 is 0 Å². The largest absolute Gasteiger partial charge is 0.495 e. The van der Waals surface area contributed by atoms with Gasteiger partial charge < -0.3 is 15.4 Å². The molecular weight excluding hydrogens is 266 g/mol. The Labute approximate surface area is 125 Å². The molecule has 21 heavy (non-hydrogen) atoms. The lowest BCUT2D eigenvalue weighted by molar-refractivity contribution is -0.117. The van der Waals surface area contributed by atoms with E-state index in [1.165, 1.54) is 6.42 Å². The molecule has 114 valence electrons. The number of likely N-dealkylation sites (tertiary alicyclic amines) is 1. The van der Waals surface area contributed by atoms with Crippen molar-refractivity contribution in [1.82, 2.24) is 10.2 Å². The first kappa shape index (κ1) is 14.4. The van der Waals surface area contributed by atoms with Crippen LogP contribution in [-0.4, -0.2) is 50.6 Å². The SMILES string of the molecule is COc1ccccc1NC(=O)CN1CCC2CNCC2C1. The molecule has 2 unspecified atom stereocenters. The van der Waals surface area contributed by atoms with E-state index in [0.29, 0.717) is 18.2 Å². The second-order valence-electron chi connectivity index (χ2n) is 5.95. The Morgan fingerprint density at radius 2 is 2.19 bits per heavy atom. The number of nitrogens with one attached hydrogen (secondary N) is 2. The molecule has 2 atom stereocenters. The van der Waals surface area contributed by atoms with Crippen LogP contribution in [0, 0.1) is 11.8 Å². The molecule has 0 spiro atoms. The number of fused-ring (bicyclic) bond motifs is 1. The minimum absolute atomic E-state index is 0.0314. The smallest absolute Gasteiger partial charge is 0.238 e. The lowest BCUT2D eigenvalue weighted by Gasteiger charge is -2.33. The molecule has 2 heterocycles. The molecule has 3 rings (SSSR count). The highest BCUT2D eigenvalue weighted by molar-refractivity contribution is 5.93. The van der Waals surface area contributed by atoms with Crippen LogP contribution in [0.2, 0.25) is 0 Å². The van der Waals surface area contributed by atoms with Crippen molar-refractivity contribution in [2.75, 3.05) is 45.2 Å². The number of anilines is 1. The molecule has 2 aliphatic heterocycles. The average molecular weight is 289 g/mol. The normalized spacial score (nSPS) is 25.4. The lowest BCUT2D eigenvalue weighted by Crippen LogP contribution is -2.43. The van der Waals surface area contributed by atoms with Crippen LogP contribution in [0.5, 0.6) is 5.75 Å². The highest BCUT2D eigenvalue weighted by Gasteiger charge is 2.33. The zero-order valence-electron chi connectivity index (χ0n) is 12.5. The molecule has 0 aromatic heterocycles. The van der Waals surface area contributed by atoms with Crippen LogP contribution in [0.15, 0.2) is 24.3 Å². The van der Waals surface area contributed by atoms with Crippen LogP contribution in [0.1, 0.15) is 6.42 Å². The fourth-order valence-corrected chi connectivity index (χ4v) is 3.39. The number of para-hydroxylation sites is 2. The summed E-state index contributed by atoms with van der Waals surface area (Å²) in [6, 6.07) is 7.51. The summed E-state index contributed by atoms with van der Waals surface area (Å²) in [5.74, 6) is 2.24. The summed E-state index contributed by atoms with van der Waals surface area (Å²) in [6.45, 7) is 4.74. The third kappa shape index (κ3) is 3.36. The Morgan fingerprint density at radius 1 is 1.38 bits per heavy atom. The molecule has 0 saturated carbocycles. The standard InChI is InChI=1S/C16H23N3O2/c1-21-15-5-3-2-4-14(15)18-16(20)11-19-7-6-12-8-17-9-13(12)10-19/h2-5,12-13,17H,6-11H2,1H3,(H,18,20). The average Bonchev–Trinajstić information content (AvgIpc) is 2.95. The quantitative estimate of drug-likeness (QED) is 0.874. The number of benzene rings is 1. The van der Waals surface area contributed by atoms with Gasteiger partial charge in [0.05, 0.1) is 19.3 Å². The molecule has 1 amide bonds. The summed E-state index contributed by atoms with van der Waals surface area (Å²) in [5, 5.41) is 6.40. The van der Waals surface area contributed by atoms with Gasteiger partial charge in [0, 0.05) is 6.54 Å². The highest BCUT2D eigenvalue weighted by Crippen LogP contribution is 2.27. The molecular formula is C16H23N3O2. The zero-order valence-corrected chi connectivity index (χ0v) is 12.5. The Morgan fingerprint density at radius 3 is 3.05 bits per heavy atom. The number of piperidine rings is 1. The van der Waals surface area contributed by atoms with Crippen molar-refractivity contribution in [3.8, 4) is 5.75 Å². The van der Waals surface area contributed by atoms with Crippen LogP contribution in [-0.2, 0) is 4.79 Å². The number of carbonyl (C=O) groups is 1. The van der Waals surface area contributed by atoms with E-state index in [9.17, 15) is 4.79 Å². The maximum atomic E-state index is 12.2. The summed E-state index contributed by atoms with van der Waals surface area (Å²) < 4.78 is 5.26. The van der Waals surface area contributed by atoms with Crippen molar-refractivity contribution in [3.63, 3.8) is 0 Å². The first-order chi connectivity index (χ1) is 10.3. The van der Waals surface area contributed by atoms with Gasteiger partial charge in [-0.15, -0.1) is 0 Å². The van der Waals surface area contributed by atoms with Crippen molar-refractivity contribution in [2.45, 2.75) is 6.42 Å². The number of nitrogens with zero attached hydrogens (tertiary/aromatic N) is 1. The molecule has 2 saturated heterocycles. The van der Waals surface area contributed by atoms with Crippen molar-refractivity contribution in [2.24, 2.45) is 11.8 Å². The Kier molecular flexibility index (Phi) is 4.41. The van der Waals surface area contributed by atoms with E-state index in [0.717, 1.165) is 37.8 Å². The van der Waals surface area contributed by atoms with E-state index in [1.54, 1.807) is 7.11 Å². The lowest BCUT2D eigenvalue weighted by atomic mass is 9.89. The van der Waals surface area contributed by atoms with Gasteiger partial charge in [-0.2, -0.15) is 0 Å². The summed E-state index contributed by atoms with van der Waals surface area (Å²) >= 11 is 0. The number of hydrogen-bond acceptors (Lipinski definition) is 4. The minimum Gasteiger partial charge on any atom is -0.495 e. The van der Waals surface area contributed by atoms with Gasteiger partial charge >= 0.3 is 0 Å². The predicted molar refractivity (Wildman–Crippen MR) is 82.5 cm³/mol. The summed E-state index contributed by atoms with van der Waals surface area (Å²) in [5.41, 5.74) is 0.738. The maximum absolute atomic E-state index is 12.2. The van der Waals surface area contributed by atoms with Crippen molar-refractivity contribution < 1.29 is 9.53 Å². The molecule has 2 fully saturated rings. The van der Waals surface area contributed by atoms with Crippen molar-refractivity contribution in [1.29, 1.82) is 0 Å². The van der Waals surface area contributed by atoms with Gasteiger partial charge in [0.15, 0.2) is 0 Å². The molecule has 1 aromatic carbocycles. The van der Waals surface area contributed by atoms with Crippen LogP contribution in [0.3, 0.4) is 0 Å². The molecule has 2 aliphatic rings. The maximum Gasteiger partial charge on any atom is 0.238 e. The Balaban J connectivity index is 1.54. The third-order valence-corrected chi connectivity index (χ3v) is 4.54. The summed E-state index contributed by atoms with van der Waals surface area (Å²) in [6.07, 6.45) is 1.19. The van der Waals surface area contributed by atoms with Crippen molar-refractivity contribution >= 4 is 11.6 Å². The molecule has 5 nitrogen and oxygen atoms in total. The topological polar surface area (TPSA) is 53.6 Å². The first-order valence-corrected chi connectivity index (χ1v) is 7.62.